The molecular weight excluding hydrogens is 273 g/mol. The van der Waals surface area contributed by atoms with Crippen LogP contribution in [0.3, 0.4) is 0 Å². The monoisotopic (exact) mass is 280 g/mol. The summed E-state index contributed by atoms with van der Waals surface area (Å²) >= 11 is 0. The van der Waals surface area contributed by atoms with Gasteiger partial charge in [0.2, 0.25) is 0 Å². The Kier molecular flexibility index (Phi) is 6.72. The minimum Gasteiger partial charge on any atom is -0.324 e. The van der Waals surface area contributed by atoms with E-state index in [2.05, 4.69) is 0 Å². The van der Waals surface area contributed by atoms with Crippen LogP contribution in [0.25, 0.3) is 0 Å². The van der Waals surface area contributed by atoms with Gasteiger partial charge in [-0.25, -0.2) is 0 Å². The molecule has 0 aliphatic rings. The molecule has 0 aromatic heterocycles. The van der Waals surface area contributed by atoms with Crippen LogP contribution < -0.4 is 0 Å². The molecule has 4 N–H and O–H groups in total. The van der Waals surface area contributed by atoms with Crippen LogP contribution >= 0.6 is 15.2 Å². The molecule has 0 aliphatic heterocycles. The van der Waals surface area contributed by atoms with Crippen molar-refractivity contribution in [3.8, 4) is 0 Å². The Balaban J connectivity index is 0. The van der Waals surface area contributed by atoms with Gasteiger partial charge in [0.1, 0.15) is 0 Å². The van der Waals surface area contributed by atoms with E-state index in [0.29, 0.717) is 0 Å². The van der Waals surface area contributed by atoms with E-state index in [4.69, 9.17) is 19.6 Å². The molecule has 0 aliphatic carbocycles. The largest absolute Gasteiger partial charge is 0.326 e. The molecule has 0 aromatic rings. The summed E-state index contributed by atoms with van der Waals surface area (Å²) in [5.41, 5.74) is 0. The van der Waals surface area contributed by atoms with E-state index in [0.717, 1.165) is 0 Å². The van der Waals surface area contributed by atoms with E-state index < -0.39 is 27.5 Å². The molecule has 0 unspecified atom stereocenters. The first kappa shape index (κ1) is 14.7. The first-order valence-electron chi connectivity index (χ1n) is 2.30. The second kappa shape index (κ2) is 5.03. The summed E-state index contributed by atoms with van der Waals surface area (Å²) in [6.07, 6.45) is -1.53. The van der Waals surface area contributed by atoms with Crippen LogP contribution in [0.4, 0.5) is 0 Å². The molecular formula is C2H8O6P2Zr. The van der Waals surface area contributed by atoms with E-state index in [1.54, 1.807) is 0 Å². The van der Waals surface area contributed by atoms with E-state index in [9.17, 15) is 9.13 Å². The van der Waals surface area contributed by atoms with Crippen molar-refractivity contribution in [3.05, 3.63) is 0 Å². The molecule has 9 heteroatoms. The maximum absolute atomic E-state index is 10.0. The zero-order chi connectivity index (χ0) is 8.41. The molecule has 6 nitrogen and oxygen atoms in total. The van der Waals surface area contributed by atoms with E-state index in [1.807, 2.05) is 0 Å². The first-order valence-corrected chi connectivity index (χ1v) is 5.89. The van der Waals surface area contributed by atoms with Gasteiger partial charge < -0.3 is 19.6 Å². The molecule has 0 radical (unpaired) electrons. The zero-order valence-electron chi connectivity index (χ0n) is 5.41. The van der Waals surface area contributed by atoms with Gasteiger partial charge in [-0.05, 0) is 0 Å². The average molecular weight is 281 g/mol. The fraction of sp³-hybridized carbons (Fsp3) is 1.00. The van der Waals surface area contributed by atoms with Crippen LogP contribution in [0.15, 0.2) is 0 Å². The third-order valence-corrected chi connectivity index (χ3v) is 2.65. The van der Waals surface area contributed by atoms with Gasteiger partial charge in [-0.15, -0.1) is 0 Å². The molecule has 0 fully saturated rings. The quantitative estimate of drug-likeness (QED) is 0.510. The van der Waals surface area contributed by atoms with Crippen LogP contribution in [0.2, 0.25) is 0 Å². The Morgan fingerprint density at radius 2 is 1.00 bits per heavy atom. The molecule has 0 atom stereocenters. The topological polar surface area (TPSA) is 115 Å². The number of hydrogen-bond donors (Lipinski definition) is 4. The smallest absolute Gasteiger partial charge is 0.324 e. The van der Waals surface area contributed by atoms with Crippen molar-refractivity contribution in [2.24, 2.45) is 0 Å². The number of rotatable bonds is 3. The van der Waals surface area contributed by atoms with Crippen LogP contribution in [0.1, 0.15) is 0 Å². The third-order valence-electron chi connectivity index (χ3n) is 0.683. The molecule has 11 heavy (non-hydrogen) atoms. The predicted molar refractivity (Wildman–Crippen MR) is 33.8 cm³/mol. The van der Waals surface area contributed by atoms with Crippen molar-refractivity contribution >= 4 is 15.2 Å². The SMILES string of the molecule is O=P(O)(O)CCP(=O)(O)O.[Zr]. The van der Waals surface area contributed by atoms with Crippen molar-refractivity contribution in [1.82, 2.24) is 0 Å². The molecule has 0 rings (SSSR count). The van der Waals surface area contributed by atoms with Gasteiger partial charge in [-0.2, -0.15) is 0 Å². The molecule has 0 bridgehead atoms. The van der Waals surface area contributed by atoms with E-state index in [1.165, 1.54) is 0 Å². The predicted octanol–water partition coefficient (Wildman–Crippen LogP) is -0.661. The van der Waals surface area contributed by atoms with Gasteiger partial charge >= 0.3 is 15.2 Å². The fourth-order valence-corrected chi connectivity index (χ4v) is 2.34. The van der Waals surface area contributed by atoms with Crippen molar-refractivity contribution in [2.45, 2.75) is 0 Å². The second-order valence-corrected chi connectivity index (χ2v) is 5.33. The zero-order valence-corrected chi connectivity index (χ0v) is 9.66. The summed E-state index contributed by atoms with van der Waals surface area (Å²) in [7, 11) is -8.51. The van der Waals surface area contributed by atoms with Crippen LogP contribution in [-0.2, 0) is 35.3 Å². The molecule has 0 amide bonds. The summed E-state index contributed by atoms with van der Waals surface area (Å²) in [6, 6.07) is 0. The Labute approximate surface area is 82.5 Å². The van der Waals surface area contributed by atoms with Crippen molar-refractivity contribution in [2.75, 3.05) is 12.3 Å². The summed E-state index contributed by atoms with van der Waals surface area (Å²) in [4.78, 5) is 32.6. The van der Waals surface area contributed by atoms with E-state index >= 15 is 0 Å². The van der Waals surface area contributed by atoms with Crippen LogP contribution in [-0.4, -0.2) is 31.9 Å². The maximum atomic E-state index is 10.0. The summed E-state index contributed by atoms with van der Waals surface area (Å²) in [6.45, 7) is 0. The van der Waals surface area contributed by atoms with Gasteiger partial charge in [0, 0.05) is 26.2 Å². The number of hydrogen-bond acceptors (Lipinski definition) is 2. The Bertz CT molecular complexity index is 169. The molecule has 0 aromatic carbocycles. The Morgan fingerprint density at radius 1 is 0.818 bits per heavy atom. The molecule has 0 saturated carbocycles. The molecule has 0 spiro atoms. The normalized spacial score (nSPS) is 12.4. The summed E-state index contributed by atoms with van der Waals surface area (Å²) < 4.78 is 20.1. The third kappa shape index (κ3) is 14.1. The van der Waals surface area contributed by atoms with Gasteiger partial charge in [0.25, 0.3) is 0 Å². The Morgan fingerprint density at radius 3 is 1.09 bits per heavy atom. The van der Waals surface area contributed by atoms with Crippen LogP contribution in [0, 0.1) is 0 Å². The maximum Gasteiger partial charge on any atom is 0.326 e. The van der Waals surface area contributed by atoms with Gasteiger partial charge in [0.15, 0.2) is 0 Å². The fourth-order valence-electron chi connectivity index (χ4n) is 0.261. The first-order chi connectivity index (χ1) is 4.21. The second-order valence-electron chi connectivity index (χ2n) is 1.78. The van der Waals surface area contributed by atoms with Gasteiger partial charge in [0.05, 0.1) is 12.3 Å². The molecule has 0 heterocycles. The summed E-state index contributed by atoms with van der Waals surface area (Å²) in [5, 5.41) is 0. The van der Waals surface area contributed by atoms with Gasteiger partial charge in [-0.1, -0.05) is 0 Å². The minimum atomic E-state index is -4.25. The standard InChI is InChI=1S/C2H8O6P2.Zr/c3-9(4,5)1-2-10(6,7)8;/h1-2H2,(H2,3,4,5)(H2,6,7,8);. The average Bonchev–Trinajstić information content (AvgIpc) is 1.57. The molecule has 0 saturated heterocycles. The van der Waals surface area contributed by atoms with Gasteiger partial charge in [-0.3, -0.25) is 9.13 Å². The van der Waals surface area contributed by atoms with Crippen LogP contribution in [0.5, 0.6) is 0 Å². The minimum absolute atomic E-state index is 0. The van der Waals surface area contributed by atoms with Crippen molar-refractivity contribution < 1.29 is 54.9 Å². The summed E-state index contributed by atoms with van der Waals surface area (Å²) in [5.74, 6) is 0. The molecule has 66 valence electrons. The Hall–Kier alpha value is 1.18. The van der Waals surface area contributed by atoms with Crippen molar-refractivity contribution in [3.63, 3.8) is 0 Å². The van der Waals surface area contributed by atoms with Crippen molar-refractivity contribution in [1.29, 1.82) is 0 Å². The van der Waals surface area contributed by atoms with E-state index in [-0.39, 0.29) is 26.2 Å².